The first kappa shape index (κ1) is 26.1. The molecule has 23 heavy (non-hydrogen) atoms. The van der Waals surface area contributed by atoms with Crippen LogP contribution in [-0.2, 0) is 6.42 Å². The molecule has 0 heterocycles. The fourth-order valence-corrected chi connectivity index (χ4v) is 3.17. The molecule has 0 bridgehead atoms. The summed E-state index contributed by atoms with van der Waals surface area (Å²) in [6, 6.07) is 2.48. The van der Waals surface area contributed by atoms with E-state index in [2.05, 4.69) is 0 Å². The zero-order chi connectivity index (χ0) is 15.9. The average Bonchev–Trinajstić information content (AvgIpc) is 2.42. The van der Waals surface area contributed by atoms with Gasteiger partial charge in [-0.3, -0.25) is 0 Å². The summed E-state index contributed by atoms with van der Waals surface area (Å²) in [5.74, 6) is -1.06. The molecule has 0 saturated carbocycles. The smallest absolute Gasteiger partial charge is 0.871 e. The Labute approximate surface area is 248 Å². The number of hydrogen-bond donors (Lipinski definition) is 0. The van der Waals surface area contributed by atoms with Crippen LogP contribution in [-0.4, -0.2) is 0 Å². The third-order valence-electron chi connectivity index (χ3n) is 2.79. The molecule has 0 aromatic heterocycles. The fraction of sp³-hybridized carbons (Fsp3) is 0.0769. The zero-order valence-corrected chi connectivity index (χ0v) is 22.7. The van der Waals surface area contributed by atoms with Gasteiger partial charge in [0.25, 0.3) is 0 Å². The molecule has 2 nitrogen and oxygen atoms in total. The van der Waals surface area contributed by atoms with Gasteiger partial charge in [0.2, 0.25) is 0 Å². The Balaban J connectivity index is 0.00000242. The fourth-order valence-electron chi connectivity index (χ4n) is 1.75. The van der Waals surface area contributed by atoms with E-state index in [1.54, 1.807) is 0 Å². The van der Waals surface area contributed by atoms with Gasteiger partial charge in [-0.1, -0.05) is 81.1 Å². The monoisotopic (exact) mass is 480 g/mol. The predicted octanol–water partition coefficient (Wildman–Crippen LogP) is -0.647. The first-order chi connectivity index (χ1) is 9.73. The van der Waals surface area contributed by atoms with Gasteiger partial charge in [-0.25, -0.2) is 0 Å². The van der Waals surface area contributed by atoms with Crippen molar-refractivity contribution in [2.45, 2.75) is 6.42 Å². The Hall–Kier alpha value is 3.05. The van der Waals surface area contributed by atoms with Crippen LogP contribution in [0.1, 0.15) is 11.1 Å². The second kappa shape index (κ2) is 11.2. The van der Waals surface area contributed by atoms with Crippen molar-refractivity contribution in [1.29, 1.82) is 0 Å². The topological polar surface area (TPSA) is 46.1 Å². The SMILES string of the molecule is [K+].[K+].[O-]c1c(Cl)cc(Cl)c(Cl)c1Cc1c([O-])c(Cl)cc(Cl)c1Cl. The third kappa shape index (κ3) is 6.01. The maximum atomic E-state index is 12.1. The zero-order valence-electron chi connectivity index (χ0n) is 11.9. The Morgan fingerprint density at radius 3 is 1.22 bits per heavy atom. The molecule has 112 valence electrons. The van der Waals surface area contributed by atoms with Gasteiger partial charge in [0, 0.05) is 10.0 Å². The van der Waals surface area contributed by atoms with Crippen molar-refractivity contribution in [3.05, 3.63) is 53.4 Å². The van der Waals surface area contributed by atoms with E-state index in [1.807, 2.05) is 0 Å². The summed E-state index contributed by atoms with van der Waals surface area (Å²) >= 11 is 35.3. The molecule has 0 aliphatic carbocycles. The summed E-state index contributed by atoms with van der Waals surface area (Å²) in [5, 5.41) is 24.1. The summed E-state index contributed by atoms with van der Waals surface area (Å²) < 4.78 is 0. The molecule has 0 N–H and O–H groups in total. The van der Waals surface area contributed by atoms with Gasteiger partial charge in [-0.15, -0.1) is 0 Å². The molecule has 2 aromatic rings. The van der Waals surface area contributed by atoms with Crippen LogP contribution in [0.3, 0.4) is 0 Å². The molecule has 10 heteroatoms. The average molecular weight is 483 g/mol. The quantitative estimate of drug-likeness (QED) is 0.422. The van der Waals surface area contributed by atoms with Gasteiger partial charge in [0.05, 0.1) is 20.1 Å². The van der Waals surface area contributed by atoms with Gasteiger partial charge in [-0.05, 0) is 29.7 Å². The molecule has 0 saturated heterocycles. The van der Waals surface area contributed by atoms with E-state index in [0.29, 0.717) is 0 Å². The third-order valence-corrected chi connectivity index (χ3v) is 5.01. The second-order valence-corrected chi connectivity index (χ2v) is 6.49. The van der Waals surface area contributed by atoms with E-state index in [-0.39, 0.29) is 150 Å². The molecule has 2 rings (SSSR count). The van der Waals surface area contributed by atoms with Crippen LogP contribution in [0.25, 0.3) is 0 Å². The Bertz CT molecular complexity index is 625. The van der Waals surface area contributed by atoms with Crippen LogP contribution in [0.15, 0.2) is 12.1 Å². The minimum atomic E-state index is -0.530. The van der Waals surface area contributed by atoms with Gasteiger partial charge in [0.15, 0.2) is 0 Å². The van der Waals surface area contributed by atoms with Crippen LogP contribution in [0.4, 0.5) is 0 Å². The van der Waals surface area contributed by atoms with Crippen molar-refractivity contribution in [2.75, 3.05) is 0 Å². The first-order valence-corrected chi connectivity index (χ1v) is 7.67. The van der Waals surface area contributed by atoms with Crippen molar-refractivity contribution in [1.82, 2.24) is 0 Å². The standard InChI is InChI=1S/C13H6Cl6O2.2K/c14-6-2-8(16)12(20)4(10(6)18)1-5-11(19)7(15)3-9(17)13(5)21;;/h2-3,20-21H,1H2;;/q;2*+1/p-2. The summed E-state index contributed by atoms with van der Waals surface area (Å²) in [6.45, 7) is 0. The molecule has 0 atom stereocenters. The molecule has 0 amide bonds. The summed E-state index contributed by atoms with van der Waals surface area (Å²) in [4.78, 5) is 0. The normalized spacial score (nSPS) is 10.0. The Morgan fingerprint density at radius 2 is 0.913 bits per heavy atom. The van der Waals surface area contributed by atoms with Crippen molar-refractivity contribution in [3.8, 4) is 11.5 Å². The van der Waals surface area contributed by atoms with E-state index in [4.69, 9.17) is 69.6 Å². The Kier molecular flexibility index (Phi) is 12.6. The molecule has 2 aromatic carbocycles. The minimum Gasteiger partial charge on any atom is -0.871 e. The van der Waals surface area contributed by atoms with Crippen molar-refractivity contribution in [3.63, 3.8) is 0 Å². The largest absolute Gasteiger partial charge is 1.00 e. The predicted molar refractivity (Wildman–Crippen MR) is 84.6 cm³/mol. The summed E-state index contributed by atoms with van der Waals surface area (Å²) in [6.07, 6.45) is -0.171. The van der Waals surface area contributed by atoms with Gasteiger partial charge in [-0.2, -0.15) is 0 Å². The second-order valence-electron chi connectivity index (χ2n) is 4.10. The van der Waals surface area contributed by atoms with E-state index >= 15 is 0 Å². The van der Waals surface area contributed by atoms with Crippen LogP contribution in [0, 0.1) is 0 Å². The molecular formula is C13H4Cl6K2O2. The van der Waals surface area contributed by atoms with Crippen LogP contribution in [0.2, 0.25) is 30.1 Å². The maximum absolute atomic E-state index is 12.1. The minimum absolute atomic E-state index is 0. The molecule has 0 aliphatic heterocycles. The van der Waals surface area contributed by atoms with Crippen LogP contribution in [0.5, 0.6) is 11.5 Å². The van der Waals surface area contributed by atoms with Crippen molar-refractivity contribution < 1.29 is 113 Å². The number of rotatable bonds is 2. The number of halogens is 6. The van der Waals surface area contributed by atoms with Crippen LogP contribution < -0.4 is 113 Å². The molecular weight excluding hydrogens is 479 g/mol. The number of benzene rings is 2. The van der Waals surface area contributed by atoms with E-state index < -0.39 is 11.5 Å². The molecule has 0 radical (unpaired) electrons. The molecule has 0 spiro atoms. The molecule has 0 fully saturated rings. The summed E-state index contributed by atoms with van der Waals surface area (Å²) in [7, 11) is 0. The van der Waals surface area contributed by atoms with Crippen LogP contribution >= 0.6 is 69.6 Å². The maximum Gasteiger partial charge on any atom is 1.00 e. The van der Waals surface area contributed by atoms with E-state index in [0.717, 1.165) is 0 Å². The molecule has 0 unspecified atom stereocenters. The summed E-state index contributed by atoms with van der Waals surface area (Å²) in [5.41, 5.74) is 0.123. The first-order valence-electron chi connectivity index (χ1n) is 5.40. The van der Waals surface area contributed by atoms with E-state index in [9.17, 15) is 10.2 Å². The molecule has 0 aliphatic rings. The van der Waals surface area contributed by atoms with Crippen molar-refractivity contribution in [2.24, 2.45) is 0 Å². The van der Waals surface area contributed by atoms with Crippen molar-refractivity contribution >= 4 is 69.6 Å². The number of hydrogen-bond acceptors (Lipinski definition) is 2. The Morgan fingerprint density at radius 1 is 0.609 bits per heavy atom. The van der Waals surface area contributed by atoms with Gasteiger partial charge < -0.3 is 10.2 Å². The van der Waals surface area contributed by atoms with E-state index in [1.165, 1.54) is 12.1 Å². The van der Waals surface area contributed by atoms with Gasteiger partial charge in [0.1, 0.15) is 0 Å². The van der Waals surface area contributed by atoms with Gasteiger partial charge >= 0.3 is 103 Å².